The van der Waals surface area contributed by atoms with E-state index in [1.165, 1.54) is 0 Å². The molecule has 0 saturated carbocycles. The van der Waals surface area contributed by atoms with Crippen molar-refractivity contribution in [1.82, 2.24) is 5.32 Å². The standard InChI is InChI=1S/C4H5NO2.CHNS/c6-3-1-2-4(7)5-3;2-1-3/h1-2H2,(H,5,6,7);2H. The summed E-state index contributed by atoms with van der Waals surface area (Å²) in [6.45, 7) is 0. The number of thiocarbonyl (C=S) groups is 1. The van der Waals surface area contributed by atoms with E-state index in [1.54, 1.807) is 5.16 Å². The normalized spacial score (nSPS) is 14.8. The average Bonchev–Trinajstić information content (AvgIpc) is 2.17. The van der Waals surface area contributed by atoms with Crippen molar-refractivity contribution < 1.29 is 9.59 Å². The molecule has 0 radical (unpaired) electrons. The minimum Gasteiger partial charge on any atom is -0.296 e. The highest BCUT2D eigenvalue weighted by molar-refractivity contribution is 7.78. The summed E-state index contributed by atoms with van der Waals surface area (Å²) in [5.41, 5.74) is 0. The van der Waals surface area contributed by atoms with Gasteiger partial charge in [0, 0.05) is 12.8 Å². The molecule has 54 valence electrons. The molecule has 1 fully saturated rings. The van der Waals surface area contributed by atoms with Crippen LogP contribution in [0.4, 0.5) is 0 Å². The van der Waals surface area contributed by atoms with Crippen LogP contribution in [0.3, 0.4) is 0 Å². The van der Waals surface area contributed by atoms with Crippen LogP contribution in [0.1, 0.15) is 12.8 Å². The second-order valence-corrected chi connectivity index (χ2v) is 1.78. The van der Waals surface area contributed by atoms with Gasteiger partial charge in [0.15, 0.2) is 0 Å². The van der Waals surface area contributed by atoms with Crippen molar-refractivity contribution in [2.45, 2.75) is 12.8 Å². The van der Waals surface area contributed by atoms with E-state index in [-0.39, 0.29) is 11.8 Å². The Morgan fingerprint density at radius 1 is 1.40 bits per heavy atom. The maximum Gasteiger partial charge on any atom is 0.227 e. The van der Waals surface area contributed by atoms with Crippen LogP contribution in [-0.2, 0) is 9.59 Å². The summed E-state index contributed by atoms with van der Waals surface area (Å²) in [4.78, 5) is 20.2. The molecule has 0 aromatic rings. The van der Waals surface area contributed by atoms with Gasteiger partial charge in [-0.25, -0.2) is 5.41 Å². The third-order valence-corrected chi connectivity index (χ3v) is 0.858. The minimum absolute atomic E-state index is 0.148. The third kappa shape index (κ3) is 3.88. The first-order valence-electron chi connectivity index (χ1n) is 2.57. The molecule has 0 unspecified atom stereocenters. The van der Waals surface area contributed by atoms with Gasteiger partial charge < -0.3 is 0 Å². The first-order chi connectivity index (χ1) is 4.70. The fraction of sp³-hybridized carbons (Fsp3) is 0.400. The van der Waals surface area contributed by atoms with Crippen LogP contribution in [0.25, 0.3) is 0 Å². The van der Waals surface area contributed by atoms with E-state index < -0.39 is 0 Å². The molecule has 1 rings (SSSR count). The predicted molar refractivity (Wildman–Crippen MR) is 37.7 cm³/mol. The fourth-order valence-electron chi connectivity index (χ4n) is 0.508. The zero-order valence-electron chi connectivity index (χ0n) is 5.14. The largest absolute Gasteiger partial charge is 0.296 e. The molecule has 0 aromatic heterocycles. The highest BCUT2D eigenvalue weighted by Crippen LogP contribution is 1.95. The molecule has 10 heavy (non-hydrogen) atoms. The maximum absolute atomic E-state index is 10.1. The summed E-state index contributed by atoms with van der Waals surface area (Å²) in [7, 11) is 0. The van der Waals surface area contributed by atoms with Crippen LogP contribution in [0, 0.1) is 5.41 Å². The third-order valence-electron chi connectivity index (χ3n) is 0.858. The van der Waals surface area contributed by atoms with Crippen LogP contribution in [0.2, 0.25) is 0 Å². The van der Waals surface area contributed by atoms with Gasteiger partial charge in [-0.15, -0.1) is 0 Å². The lowest BCUT2D eigenvalue weighted by molar-refractivity contribution is -0.124. The van der Waals surface area contributed by atoms with Crippen molar-refractivity contribution in [3.63, 3.8) is 0 Å². The van der Waals surface area contributed by atoms with Gasteiger partial charge in [0.2, 0.25) is 11.8 Å². The van der Waals surface area contributed by atoms with E-state index in [1.807, 2.05) is 0 Å². The van der Waals surface area contributed by atoms with Crippen LogP contribution < -0.4 is 5.32 Å². The van der Waals surface area contributed by atoms with Gasteiger partial charge >= 0.3 is 0 Å². The molecule has 2 N–H and O–H groups in total. The van der Waals surface area contributed by atoms with Gasteiger partial charge in [-0.2, -0.15) is 0 Å². The number of imide groups is 1. The van der Waals surface area contributed by atoms with Gasteiger partial charge in [0.05, 0.1) is 5.16 Å². The van der Waals surface area contributed by atoms with Crippen molar-refractivity contribution >= 4 is 29.2 Å². The minimum atomic E-state index is -0.148. The Kier molecular flexibility index (Phi) is 4.28. The molecule has 0 bridgehead atoms. The fourth-order valence-corrected chi connectivity index (χ4v) is 0.508. The van der Waals surface area contributed by atoms with E-state index in [0.29, 0.717) is 12.8 Å². The smallest absolute Gasteiger partial charge is 0.227 e. The Bertz CT molecular complexity index is 170. The van der Waals surface area contributed by atoms with E-state index >= 15 is 0 Å². The Labute approximate surface area is 63.1 Å². The van der Waals surface area contributed by atoms with Crippen LogP contribution in [0.5, 0.6) is 0 Å². The second kappa shape index (κ2) is 4.78. The Morgan fingerprint density at radius 3 is 1.80 bits per heavy atom. The van der Waals surface area contributed by atoms with Crippen molar-refractivity contribution in [3.8, 4) is 0 Å². The van der Waals surface area contributed by atoms with Crippen molar-refractivity contribution in [2.75, 3.05) is 0 Å². The molecule has 0 aliphatic carbocycles. The van der Waals surface area contributed by atoms with Crippen molar-refractivity contribution in [3.05, 3.63) is 0 Å². The van der Waals surface area contributed by atoms with Crippen LogP contribution in [0.15, 0.2) is 0 Å². The van der Waals surface area contributed by atoms with Crippen LogP contribution >= 0.6 is 12.2 Å². The summed E-state index contributed by atoms with van der Waals surface area (Å²) in [6, 6.07) is 0. The molecule has 0 atom stereocenters. The second-order valence-electron chi connectivity index (χ2n) is 1.57. The predicted octanol–water partition coefficient (Wildman–Crippen LogP) is 0.0910. The molecule has 1 saturated heterocycles. The molecule has 2 amide bonds. The number of carbonyl (C=O) groups excluding carboxylic acids is 2. The Hall–Kier alpha value is -1.06. The lowest BCUT2D eigenvalue weighted by Gasteiger charge is -1.79. The lowest BCUT2D eigenvalue weighted by atomic mass is 10.4. The highest BCUT2D eigenvalue weighted by Gasteiger charge is 2.15. The number of amides is 2. The number of carbonyl (C=O) groups is 2. The summed E-state index contributed by atoms with van der Waals surface area (Å²) in [6.07, 6.45) is 0.748. The summed E-state index contributed by atoms with van der Waals surface area (Å²) in [5.74, 6) is -0.296. The summed E-state index contributed by atoms with van der Waals surface area (Å²) < 4.78 is 0. The van der Waals surface area contributed by atoms with Gasteiger partial charge in [-0.05, 0) is 12.2 Å². The molecule has 0 spiro atoms. The molecular formula is C5H6N2O2S. The molecule has 4 nitrogen and oxygen atoms in total. The Balaban J connectivity index is 0.000000236. The van der Waals surface area contributed by atoms with E-state index in [9.17, 15) is 9.59 Å². The van der Waals surface area contributed by atoms with Gasteiger partial charge in [0.1, 0.15) is 0 Å². The molecule has 1 heterocycles. The van der Waals surface area contributed by atoms with E-state index in [4.69, 9.17) is 5.41 Å². The number of isothiocyanates is 1. The number of nitrogens with one attached hydrogen (secondary N) is 2. The summed E-state index contributed by atoms with van der Waals surface area (Å²) in [5, 5.41) is 9.50. The zero-order valence-corrected chi connectivity index (χ0v) is 5.96. The molecule has 1 aliphatic rings. The maximum atomic E-state index is 10.1. The average molecular weight is 158 g/mol. The van der Waals surface area contributed by atoms with Gasteiger partial charge in [-0.3, -0.25) is 14.9 Å². The lowest BCUT2D eigenvalue weighted by Crippen LogP contribution is -2.18. The molecule has 5 heteroatoms. The first-order valence-corrected chi connectivity index (χ1v) is 2.98. The molecular weight excluding hydrogens is 152 g/mol. The summed E-state index contributed by atoms with van der Waals surface area (Å²) >= 11 is 3.81. The molecule has 1 aliphatic heterocycles. The van der Waals surface area contributed by atoms with Gasteiger partial charge in [0.25, 0.3) is 0 Å². The highest BCUT2D eigenvalue weighted by atomic mass is 32.1. The zero-order chi connectivity index (χ0) is 7.98. The quantitative estimate of drug-likeness (QED) is 0.298. The SMILES string of the molecule is N=C=S.O=C1CCC(=O)N1. The molecule has 0 aromatic carbocycles. The van der Waals surface area contributed by atoms with E-state index in [0.717, 1.165) is 0 Å². The van der Waals surface area contributed by atoms with E-state index in [2.05, 4.69) is 17.5 Å². The first kappa shape index (κ1) is 8.94. The monoisotopic (exact) mass is 158 g/mol. The van der Waals surface area contributed by atoms with Gasteiger partial charge in [-0.1, -0.05) is 0 Å². The Morgan fingerprint density at radius 2 is 1.70 bits per heavy atom. The topological polar surface area (TPSA) is 70.0 Å². The van der Waals surface area contributed by atoms with Crippen LogP contribution in [-0.4, -0.2) is 17.0 Å². The van der Waals surface area contributed by atoms with Crippen molar-refractivity contribution in [2.24, 2.45) is 0 Å². The number of hydrogen-bond acceptors (Lipinski definition) is 4. The van der Waals surface area contributed by atoms with Crippen molar-refractivity contribution in [1.29, 1.82) is 5.41 Å². The number of hydrogen-bond donors (Lipinski definition) is 2. The number of rotatable bonds is 0.